The second kappa shape index (κ2) is 9.32. The lowest BCUT2D eigenvalue weighted by Gasteiger charge is -2.33. The van der Waals surface area contributed by atoms with Crippen molar-refractivity contribution in [3.05, 3.63) is 23.7 Å². The van der Waals surface area contributed by atoms with Crippen molar-refractivity contribution in [1.29, 1.82) is 0 Å². The Bertz CT molecular complexity index is 790. The minimum atomic E-state index is -3.12. The van der Waals surface area contributed by atoms with Crippen molar-refractivity contribution in [2.75, 3.05) is 30.0 Å². The summed E-state index contributed by atoms with van der Waals surface area (Å²) in [6, 6.07) is -0.506. The molecule has 0 aliphatic carbocycles. The van der Waals surface area contributed by atoms with Crippen molar-refractivity contribution in [2.45, 2.75) is 38.8 Å². The molecular formula is C17H25N3O5S2. The van der Waals surface area contributed by atoms with E-state index in [1.54, 1.807) is 16.4 Å². The van der Waals surface area contributed by atoms with Gasteiger partial charge in [0.15, 0.2) is 27.3 Å². The molecule has 1 N–H and O–H groups in total. The Balaban J connectivity index is 1.97. The molecular weight excluding hydrogens is 390 g/mol. The summed E-state index contributed by atoms with van der Waals surface area (Å²) in [4.78, 5) is 30.4. The zero-order chi connectivity index (χ0) is 20.0. The Labute approximate surface area is 163 Å². The van der Waals surface area contributed by atoms with Crippen LogP contribution in [0.5, 0.6) is 0 Å². The maximum atomic E-state index is 12.6. The van der Waals surface area contributed by atoms with Crippen LogP contribution in [0.3, 0.4) is 0 Å². The molecule has 1 aromatic heterocycles. The van der Waals surface area contributed by atoms with Gasteiger partial charge in [-0.25, -0.2) is 18.2 Å². The SMILES string of the molecule is C=CCNc1nc(C(=O)OCC(=O)N([C@H]2CCS(=O)(=O)C2)[C@H](C)CC)cs1. The largest absolute Gasteiger partial charge is 0.451 e. The molecule has 8 nitrogen and oxygen atoms in total. The number of ether oxygens (including phenoxy) is 1. The van der Waals surface area contributed by atoms with Crippen LogP contribution in [-0.4, -0.2) is 66.9 Å². The van der Waals surface area contributed by atoms with Gasteiger partial charge in [-0.05, 0) is 19.8 Å². The van der Waals surface area contributed by atoms with E-state index in [4.69, 9.17) is 4.74 Å². The van der Waals surface area contributed by atoms with Gasteiger partial charge >= 0.3 is 5.97 Å². The third-order valence-corrected chi connectivity index (χ3v) is 6.94. The summed E-state index contributed by atoms with van der Waals surface area (Å²) in [7, 11) is -3.12. The Kier molecular flexibility index (Phi) is 7.37. The average molecular weight is 416 g/mol. The number of thiazole rings is 1. The molecule has 2 atom stereocenters. The number of esters is 1. The highest BCUT2D eigenvalue weighted by Crippen LogP contribution is 2.22. The number of hydrogen-bond donors (Lipinski definition) is 1. The minimum Gasteiger partial charge on any atom is -0.451 e. The Morgan fingerprint density at radius 2 is 2.30 bits per heavy atom. The van der Waals surface area contributed by atoms with E-state index in [0.717, 1.165) is 0 Å². The number of nitrogens with one attached hydrogen (secondary N) is 1. The number of anilines is 1. The van der Waals surface area contributed by atoms with Crippen molar-refractivity contribution < 1.29 is 22.7 Å². The molecule has 27 heavy (non-hydrogen) atoms. The predicted octanol–water partition coefficient (Wildman–Crippen LogP) is 1.71. The van der Waals surface area contributed by atoms with Gasteiger partial charge in [0.1, 0.15) is 0 Å². The fourth-order valence-electron chi connectivity index (χ4n) is 2.88. The Morgan fingerprint density at radius 3 is 2.89 bits per heavy atom. The van der Waals surface area contributed by atoms with Crippen LogP contribution in [0.1, 0.15) is 37.2 Å². The highest BCUT2D eigenvalue weighted by atomic mass is 32.2. The summed E-state index contributed by atoms with van der Waals surface area (Å²) in [6.07, 6.45) is 2.77. The van der Waals surface area contributed by atoms with Gasteiger partial charge in [-0.2, -0.15) is 0 Å². The van der Waals surface area contributed by atoms with Crippen LogP contribution in [0.25, 0.3) is 0 Å². The van der Waals surface area contributed by atoms with Crippen molar-refractivity contribution >= 4 is 38.2 Å². The topological polar surface area (TPSA) is 106 Å². The summed E-state index contributed by atoms with van der Waals surface area (Å²) in [5.74, 6) is -1.03. The molecule has 1 saturated heterocycles. The summed E-state index contributed by atoms with van der Waals surface area (Å²) < 4.78 is 28.6. The fourth-order valence-corrected chi connectivity index (χ4v) is 5.29. The van der Waals surface area contributed by atoms with Crippen molar-refractivity contribution in [3.8, 4) is 0 Å². The van der Waals surface area contributed by atoms with Crippen molar-refractivity contribution in [3.63, 3.8) is 0 Å². The molecule has 10 heteroatoms. The van der Waals surface area contributed by atoms with Crippen molar-refractivity contribution in [2.24, 2.45) is 0 Å². The van der Waals surface area contributed by atoms with Crippen LogP contribution in [0, 0.1) is 0 Å². The molecule has 0 radical (unpaired) electrons. The molecule has 150 valence electrons. The maximum absolute atomic E-state index is 12.6. The molecule has 0 aromatic carbocycles. The Hall–Kier alpha value is -1.94. The van der Waals surface area contributed by atoms with Gasteiger partial charge in [-0.15, -0.1) is 17.9 Å². The second-order valence-electron chi connectivity index (χ2n) is 6.40. The molecule has 1 aromatic rings. The first kappa shape index (κ1) is 21.4. The van der Waals surface area contributed by atoms with Gasteiger partial charge in [0.05, 0.1) is 11.5 Å². The first-order chi connectivity index (χ1) is 12.8. The van der Waals surface area contributed by atoms with Crippen LogP contribution >= 0.6 is 11.3 Å². The van der Waals surface area contributed by atoms with E-state index in [0.29, 0.717) is 24.5 Å². The molecule has 1 aliphatic heterocycles. The smallest absolute Gasteiger partial charge is 0.358 e. The molecule has 0 spiro atoms. The number of sulfone groups is 1. The van der Waals surface area contributed by atoms with Crippen LogP contribution in [0.4, 0.5) is 5.13 Å². The zero-order valence-corrected chi connectivity index (χ0v) is 17.1. The third-order valence-electron chi connectivity index (χ3n) is 4.39. The minimum absolute atomic E-state index is 0.0402. The standard InChI is InChI=1S/C17H25N3O5S2/c1-4-7-18-17-19-14(10-26-17)16(22)25-9-15(21)20(12(3)5-2)13-6-8-27(23,24)11-13/h4,10,12-13H,1,5-9,11H2,2-3H3,(H,18,19)/t12-,13+/m1/s1. The number of amides is 1. The van der Waals surface area contributed by atoms with Gasteiger partial charge < -0.3 is 15.0 Å². The Morgan fingerprint density at radius 1 is 1.56 bits per heavy atom. The first-order valence-electron chi connectivity index (χ1n) is 8.76. The maximum Gasteiger partial charge on any atom is 0.358 e. The fraction of sp³-hybridized carbons (Fsp3) is 0.588. The molecule has 1 fully saturated rings. The summed E-state index contributed by atoms with van der Waals surface area (Å²) in [6.45, 7) is 7.46. The molecule has 1 amide bonds. The molecule has 1 aliphatic rings. The van der Waals surface area contributed by atoms with Gasteiger partial charge in [-0.1, -0.05) is 13.0 Å². The number of nitrogens with zero attached hydrogens (tertiary/aromatic N) is 2. The third kappa shape index (κ3) is 5.77. The monoisotopic (exact) mass is 415 g/mol. The van der Waals surface area contributed by atoms with Gasteiger partial charge in [0.25, 0.3) is 5.91 Å². The van der Waals surface area contributed by atoms with E-state index in [9.17, 15) is 18.0 Å². The summed E-state index contributed by atoms with van der Waals surface area (Å²) in [5, 5.41) is 5.08. The second-order valence-corrected chi connectivity index (χ2v) is 9.49. The lowest BCUT2D eigenvalue weighted by atomic mass is 10.1. The lowest BCUT2D eigenvalue weighted by Crippen LogP contribution is -2.48. The van der Waals surface area contributed by atoms with Crippen LogP contribution < -0.4 is 5.32 Å². The van der Waals surface area contributed by atoms with Crippen molar-refractivity contribution in [1.82, 2.24) is 9.88 Å². The van der Waals surface area contributed by atoms with Crippen LogP contribution in [0.2, 0.25) is 0 Å². The number of hydrogen-bond acceptors (Lipinski definition) is 8. The van der Waals surface area contributed by atoms with E-state index in [1.807, 2.05) is 13.8 Å². The molecule has 2 rings (SSSR count). The number of carbonyl (C=O) groups is 2. The summed E-state index contributed by atoms with van der Waals surface area (Å²) >= 11 is 1.25. The van der Waals surface area contributed by atoms with Crippen LogP contribution in [-0.2, 0) is 19.4 Å². The predicted molar refractivity (Wildman–Crippen MR) is 105 cm³/mol. The van der Waals surface area contributed by atoms with E-state index in [1.165, 1.54) is 11.3 Å². The van der Waals surface area contributed by atoms with E-state index in [-0.39, 0.29) is 35.2 Å². The van der Waals surface area contributed by atoms with E-state index >= 15 is 0 Å². The van der Waals surface area contributed by atoms with E-state index in [2.05, 4.69) is 16.9 Å². The molecule has 0 bridgehead atoms. The molecule has 0 unspecified atom stereocenters. The highest BCUT2D eigenvalue weighted by Gasteiger charge is 2.36. The normalized spacial score (nSPS) is 19.3. The van der Waals surface area contributed by atoms with E-state index < -0.39 is 22.4 Å². The highest BCUT2D eigenvalue weighted by molar-refractivity contribution is 7.91. The lowest BCUT2D eigenvalue weighted by molar-refractivity contribution is -0.138. The van der Waals surface area contributed by atoms with Gasteiger partial charge in [0.2, 0.25) is 0 Å². The quantitative estimate of drug-likeness (QED) is 0.483. The van der Waals surface area contributed by atoms with Gasteiger partial charge in [0, 0.05) is 24.0 Å². The first-order valence-corrected chi connectivity index (χ1v) is 11.5. The van der Waals surface area contributed by atoms with Gasteiger partial charge in [-0.3, -0.25) is 4.79 Å². The molecule has 0 saturated carbocycles. The number of rotatable bonds is 9. The number of aromatic nitrogens is 1. The average Bonchev–Trinajstić information content (AvgIpc) is 3.24. The zero-order valence-electron chi connectivity index (χ0n) is 15.5. The molecule has 2 heterocycles. The summed E-state index contributed by atoms with van der Waals surface area (Å²) in [5.41, 5.74) is 0.123. The van der Waals surface area contributed by atoms with Crippen LogP contribution in [0.15, 0.2) is 18.0 Å². The number of carbonyl (C=O) groups excluding carboxylic acids is 2.